The Morgan fingerprint density at radius 1 is 1.31 bits per heavy atom. The summed E-state index contributed by atoms with van der Waals surface area (Å²) in [5.74, 6) is 1.39. The number of hydrogen-bond acceptors (Lipinski definition) is 4. The first-order valence-corrected chi connectivity index (χ1v) is 6.67. The number of rotatable bonds is 5. The van der Waals surface area contributed by atoms with Gasteiger partial charge in [0.25, 0.3) is 0 Å². The highest BCUT2D eigenvalue weighted by molar-refractivity contribution is 7.99. The molecule has 1 unspecified atom stereocenters. The van der Waals surface area contributed by atoms with E-state index in [4.69, 9.17) is 0 Å². The molecule has 0 saturated carbocycles. The van der Waals surface area contributed by atoms with Gasteiger partial charge >= 0.3 is 0 Å². The fourth-order valence-electron chi connectivity index (χ4n) is 1.47. The monoisotopic (exact) mass is 239 g/mol. The average molecular weight is 239 g/mol. The van der Waals surface area contributed by atoms with E-state index in [9.17, 15) is 0 Å². The van der Waals surface area contributed by atoms with Gasteiger partial charge in [-0.3, -0.25) is 0 Å². The van der Waals surface area contributed by atoms with Gasteiger partial charge in [-0.15, -0.1) is 11.8 Å². The van der Waals surface area contributed by atoms with Crippen LogP contribution in [0.15, 0.2) is 11.4 Å². The maximum Gasteiger partial charge on any atom is 0.133 e. The molecule has 0 aliphatic heterocycles. The van der Waals surface area contributed by atoms with Crippen LogP contribution < -0.4 is 5.32 Å². The van der Waals surface area contributed by atoms with Gasteiger partial charge in [-0.05, 0) is 12.3 Å². The van der Waals surface area contributed by atoms with Crippen molar-refractivity contribution < 1.29 is 0 Å². The molecule has 0 aliphatic rings. The number of hydrogen-bond donors (Lipinski definition) is 1. The Morgan fingerprint density at radius 2 is 2.00 bits per heavy atom. The molecule has 1 aromatic heterocycles. The van der Waals surface area contributed by atoms with Gasteiger partial charge < -0.3 is 5.32 Å². The van der Waals surface area contributed by atoms with Crippen LogP contribution >= 0.6 is 11.8 Å². The minimum absolute atomic E-state index is 0.440. The Hall–Kier alpha value is -0.770. The van der Waals surface area contributed by atoms with Crippen molar-refractivity contribution in [2.24, 2.45) is 0 Å². The summed E-state index contributed by atoms with van der Waals surface area (Å²) in [4.78, 5) is 8.68. The van der Waals surface area contributed by atoms with E-state index in [2.05, 4.69) is 43.0 Å². The van der Waals surface area contributed by atoms with E-state index >= 15 is 0 Å². The van der Waals surface area contributed by atoms with Crippen LogP contribution in [0.2, 0.25) is 0 Å². The summed E-state index contributed by atoms with van der Waals surface area (Å²) in [5.41, 5.74) is 1.23. The molecular weight excluding hydrogens is 218 g/mol. The summed E-state index contributed by atoms with van der Waals surface area (Å²) >= 11 is 1.84. The summed E-state index contributed by atoms with van der Waals surface area (Å²) < 4.78 is 0. The van der Waals surface area contributed by atoms with E-state index in [1.54, 1.807) is 6.33 Å². The molecule has 0 amide bonds. The third-order valence-electron chi connectivity index (χ3n) is 2.55. The molecule has 1 rings (SSSR count). The fourth-order valence-corrected chi connectivity index (χ4v) is 2.58. The zero-order valence-electron chi connectivity index (χ0n) is 10.7. The lowest BCUT2D eigenvalue weighted by molar-refractivity contribution is 0.801. The van der Waals surface area contributed by atoms with Crippen LogP contribution in [0.1, 0.15) is 45.6 Å². The van der Waals surface area contributed by atoms with Crippen molar-refractivity contribution >= 4 is 17.6 Å². The van der Waals surface area contributed by atoms with Crippen molar-refractivity contribution in [3.8, 4) is 0 Å². The van der Waals surface area contributed by atoms with Crippen molar-refractivity contribution in [1.82, 2.24) is 9.97 Å². The zero-order valence-corrected chi connectivity index (χ0v) is 11.6. The Bertz CT molecular complexity index is 339. The summed E-state index contributed by atoms with van der Waals surface area (Å²) in [5, 5.41) is 4.85. The van der Waals surface area contributed by atoms with Gasteiger partial charge in [0.05, 0.1) is 0 Å². The van der Waals surface area contributed by atoms with E-state index in [1.165, 1.54) is 5.56 Å². The van der Waals surface area contributed by atoms with E-state index < -0.39 is 0 Å². The molecule has 1 heterocycles. The quantitative estimate of drug-likeness (QED) is 0.630. The van der Waals surface area contributed by atoms with E-state index in [-0.39, 0.29) is 0 Å². The van der Waals surface area contributed by atoms with Crippen molar-refractivity contribution in [2.75, 3.05) is 12.4 Å². The minimum atomic E-state index is 0.440. The lowest BCUT2D eigenvalue weighted by atomic mass is 10.1. The van der Waals surface area contributed by atoms with Crippen molar-refractivity contribution in [1.29, 1.82) is 0 Å². The maximum atomic E-state index is 4.41. The van der Waals surface area contributed by atoms with E-state index in [0.717, 1.165) is 17.3 Å². The first-order valence-electron chi connectivity index (χ1n) is 5.79. The van der Waals surface area contributed by atoms with E-state index in [0.29, 0.717) is 11.2 Å². The largest absolute Gasteiger partial charge is 0.373 e. The highest BCUT2D eigenvalue weighted by Gasteiger charge is 2.16. The molecule has 4 heteroatoms. The van der Waals surface area contributed by atoms with Gasteiger partial charge in [0.15, 0.2) is 0 Å². The SMILES string of the molecule is CCC(C)Sc1ncnc(NC)c1C(C)C. The molecule has 0 radical (unpaired) electrons. The molecule has 0 bridgehead atoms. The standard InChI is InChI=1S/C12H21N3S/c1-6-9(4)16-12-10(8(2)3)11(13-5)14-7-15-12/h7-9H,6H2,1-5H3,(H,13,14,15). The van der Waals surface area contributed by atoms with Crippen molar-refractivity contribution in [2.45, 2.75) is 50.3 Å². The molecule has 1 N–H and O–H groups in total. The normalized spacial score (nSPS) is 12.9. The number of aromatic nitrogens is 2. The topological polar surface area (TPSA) is 37.8 Å². The Kier molecular flexibility index (Phi) is 5.06. The predicted molar refractivity (Wildman–Crippen MR) is 71.3 cm³/mol. The van der Waals surface area contributed by atoms with Gasteiger partial charge in [0.1, 0.15) is 17.2 Å². The molecule has 0 fully saturated rings. The maximum absolute atomic E-state index is 4.41. The fraction of sp³-hybridized carbons (Fsp3) is 0.667. The number of anilines is 1. The first kappa shape index (κ1) is 13.3. The molecular formula is C12H21N3S. The molecule has 0 saturated heterocycles. The molecule has 1 aromatic rings. The van der Waals surface area contributed by atoms with Crippen LogP contribution in [0.4, 0.5) is 5.82 Å². The molecule has 3 nitrogen and oxygen atoms in total. The second kappa shape index (κ2) is 6.09. The van der Waals surface area contributed by atoms with Gasteiger partial charge in [-0.1, -0.05) is 27.7 Å². The lowest BCUT2D eigenvalue weighted by Crippen LogP contribution is -2.05. The van der Waals surface area contributed by atoms with Gasteiger partial charge in [-0.2, -0.15) is 0 Å². The van der Waals surface area contributed by atoms with Crippen LogP contribution in [-0.4, -0.2) is 22.3 Å². The van der Waals surface area contributed by atoms with E-state index in [1.807, 2.05) is 18.8 Å². The summed E-state index contributed by atoms with van der Waals surface area (Å²) in [7, 11) is 1.91. The second-order valence-corrected chi connectivity index (χ2v) is 5.61. The summed E-state index contributed by atoms with van der Waals surface area (Å²) in [6, 6.07) is 0. The van der Waals surface area contributed by atoms with Crippen LogP contribution in [0, 0.1) is 0 Å². The first-order chi connectivity index (χ1) is 7.60. The Morgan fingerprint density at radius 3 is 2.50 bits per heavy atom. The Labute approximate surface area is 102 Å². The van der Waals surface area contributed by atoms with Crippen LogP contribution in [0.3, 0.4) is 0 Å². The number of nitrogens with one attached hydrogen (secondary N) is 1. The van der Waals surface area contributed by atoms with Gasteiger partial charge in [0.2, 0.25) is 0 Å². The Balaban J connectivity index is 3.07. The van der Waals surface area contributed by atoms with Crippen LogP contribution in [0.25, 0.3) is 0 Å². The van der Waals surface area contributed by atoms with Gasteiger partial charge in [-0.25, -0.2) is 9.97 Å². The highest BCUT2D eigenvalue weighted by Crippen LogP contribution is 2.33. The number of nitrogens with zero attached hydrogens (tertiary/aromatic N) is 2. The lowest BCUT2D eigenvalue weighted by Gasteiger charge is -2.16. The van der Waals surface area contributed by atoms with Gasteiger partial charge in [0, 0.05) is 17.9 Å². The summed E-state index contributed by atoms with van der Waals surface area (Å²) in [6.07, 6.45) is 2.80. The molecule has 0 spiro atoms. The smallest absolute Gasteiger partial charge is 0.133 e. The molecule has 0 aliphatic carbocycles. The number of thioether (sulfide) groups is 1. The molecule has 90 valence electrons. The van der Waals surface area contributed by atoms with Crippen molar-refractivity contribution in [3.63, 3.8) is 0 Å². The minimum Gasteiger partial charge on any atom is -0.373 e. The zero-order chi connectivity index (χ0) is 12.1. The highest BCUT2D eigenvalue weighted by atomic mass is 32.2. The molecule has 1 atom stereocenters. The van der Waals surface area contributed by atoms with Crippen molar-refractivity contribution in [3.05, 3.63) is 11.9 Å². The predicted octanol–water partition coefficient (Wildman–Crippen LogP) is 3.53. The van der Waals surface area contributed by atoms with Crippen LogP contribution in [-0.2, 0) is 0 Å². The molecule has 16 heavy (non-hydrogen) atoms. The third kappa shape index (κ3) is 3.11. The second-order valence-electron chi connectivity index (χ2n) is 4.18. The third-order valence-corrected chi connectivity index (χ3v) is 3.83. The molecule has 0 aromatic carbocycles. The van der Waals surface area contributed by atoms with Crippen LogP contribution in [0.5, 0.6) is 0 Å². The average Bonchev–Trinajstić information content (AvgIpc) is 2.28. The summed E-state index contributed by atoms with van der Waals surface area (Å²) in [6.45, 7) is 8.79.